The highest BCUT2D eigenvalue weighted by Crippen LogP contribution is 2.17. The van der Waals surface area contributed by atoms with Crippen LogP contribution in [-0.4, -0.2) is 44.7 Å². The van der Waals surface area contributed by atoms with Gasteiger partial charge in [0.15, 0.2) is 0 Å². The number of rotatable bonds is 6. The minimum atomic E-state index is -0.701. The van der Waals surface area contributed by atoms with E-state index in [4.69, 9.17) is 22.1 Å². The minimum absolute atomic E-state index is 0.231. The molecular weight excluding hydrogens is 418 g/mol. The number of aromatic nitrogens is 4. The number of nitrogens with zero attached hydrogens (tertiary/aromatic N) is 4. The summed E-state index contributed by atoms with van der Waals surface area (Å²) in [6, 6.07) is 7.31. The molecule has 1 aliphatic rings. The molecule has 1 fully saturated rings. The van der Waals surface area contributed by atoms with Crippen LogP contribution in [0.5, 0.6) is 0 Å². The number of halogens is 1. The summed E-state index contributed by atoms with van der Waals surface area (Å²) in [5.41, 5.74) is 7.88. The number of amides is 1. The van der Waals surface area contributed by atoms with Gasteiger partial charge in [0.2, 0.25) is 5.95 Å². The molecular formula is C21H24ClN7O2. The van der Waals surface area contributed by atoms with Gasteiger partial charge in [-0.3, -0.25) is 9.36 Å². The Hall–Kier alpha value is -3.01. The lowest BCUT2D eigenvalue weighted by atomic mass is 10.1. The molecule has 0 saturated carbocycles. The number of benzene rings is 1. The number of carbonyl (C=O) groups excluding carboxylic acids is 1. The zero-order valence-corrected chi connectivity index (χ0v) is 17.8. The summed E-state index contributed by atoms with van der Waals surface area (Å²) < 4.78 is 7.09. The molecule has 9 nitrogen and oxygen atoms in total. The van der Waals surface area contributed by atoms with Crippen LogP contribution in [0.1, 0.15) is 40.6 Å². The normalized spacial score (nSPS) is 15.5. The van der Waals surface area contributed by atoms with Gasteiger partial charge in [-0.15, -0.1) is 0 Å². The van der Waals surface area contributed by atoms with Crippen molar-refractivity contribution in [1.82, 2.24) is 24.8 Å². The Morgan fingerprint density at radius 1 is 1.32 bits per heavy atom. The average molecular weight is 442 g/mol. The Kier molecular flexibility index (Phi) is 6.45. The summed E-state index contributed by atoms with van der Waals surface area (Å²) in [6.07, 6.45) is 6.04. The molecule has 1 aromatic carbocycles. The molecule has 0 aliphatic carbocycles. The summed E-state index contributed by atoms with van der Waals surface area (Å²) in [7, 11) is 0. The first-order valence-corrected chi connectivity index (χ1v) is 10.4. The molecule has 3 heterocycles. The van der Waals surface area contributed by atoms with E-state index in [-0.39, 0.29) is 11.7 Å². The van der Waals surface area contributed by atoms with Crippen LogP contribution in [0.3, 0.4) is 0 Å². The fourth-order valence-corrected chi connectivity index (χ4v) is 3.54. The van der Waals surface area contributed by atoms with Gasteiger partial charge in [-0.1, -0.05) is 23.7 Å². The Balaban J connectivity index is 1.47. The molecule has 0 spiro atoms. The highest BCUT2D eigenvalue weighted by molar-refractivity contribution is 6.30. The number of anilines is 1. The molecule has 4 N–H and O–H groups in total. The fraction of sp³-hybridized carbons (Fsp3) is 0.333. The van der Waals surface area contributed by atoms with Gasteiger partial charge < -0.3 is 21.1 Å². The van der Waals surface area contributed by atoms with E-state index < -0.39 is 12.1 Å². The Labute approximate surface area is 185 Å². The third-order valence-corrected chi connectivity index (χ3v) is 5.29. The summed E-state index contributed by atoms with van der Waals surface area (Å²) in [6.45, 7) is 3.36. The van der Waals surface area contributed by atoms with Crippen LogP contribution < -0.4 is 16.4 Å². The molecule has 4 rings (SSSR count). The number of ether oxygens (including phenoxy) is 1. The van der Waals surface area contributed by atoms with Crippen molar-refractivity contribution in [2.75, 3.05) is 18.5 Å². The zero-order chi connectivity index (χ0) is 21.8. The molecule has 1 aliphatic heterocycles. The molecule has 0 bridgehead atoms. The van der Waals surface area contributed by atoms with Crippen molar-refractivity contribution in [3.05, 3.63) is 64.8 Å². The molecule has 1 unspecified atom stereocenters. The van der Waals surface area contributed by atoms with Gasteiger partial charge in [0, 0.05) is 42.2 Å². The van der Waals surface area contributed by atoms with E-state index in [1.807, 2.05) is 6.92 Å². The Bertz CT molecular complexity index is 1070. The second-order valence-corrected chi connectivity index (χ2v) is 7.84. The van der Waals surface area contributed by atoms with Crippen molar-refractivity contribution in [3.63, 3.8) is 0 Å². The van der Waals surface area contributed by atoms with Crippen LogP contribution in [0.2, 0.25) is 5.02 Å². The van der Waals surface area contributed by atoms with Crippen LogP contribution in [-0.2, 0) is 4.74 Å². The maximum Gasteiger partial charge on any atom is 0.272 e. The standard InChI is InChI=1S/C21H24ClN7O2/c1-13-10-24-21(26-16-5-7-31-8-6-16)28-19(13)29-11-17(25-12-29)20(30)27-18(23)14-3-2-4-15(22)9-14/h2-4,9-12,16,18H,5-8,23H2,1H3,(H,27,30)(H,24,26,28). The van der Waals surface area contributed by atoms with Crippen molar-refractivity contribution in [2.45, 2.75) is 32.0 Å². The van der Waals surface area contributed by atoms with Gasteiger partial charge >= 0.3 is 0 Å². The molecule has 1 saturated heterocycles. The number of nitrogens with two attached hydrogens (primary N) is 1. The van der Waals surface area contributed by atoms with Gasteiger partial charge in [-0.25, -0.2) is 9.97 Å². The molecule has 162 valence electrons. The molecule has 0 radical (unpaired) electrons. The molecule has 1 amide bonds. The van der Waals surface area contributed by atoms with E-state index in [0.717, 1.165) is 31.6 Å². The van der Waals surface area contributed by atoms with Crippen LogP contribution in [0.15, 0.2) is 43.0 Å². The van der Waals surface area contributed by atoms with Gasteiger partial charge in [0.25, 0.3) is 5.91 Å². The van der Waals surface area contributed by atoms with E-state index in [2.05, 4.69) is 25.6 Å². The van der Waals surface area contributed by atoms with Crippen molar-refractivity contribution >= 4 is 23.5 Å². The van der Waals surface area contributed by atoms with Gasteiger partial charge in [-0.2, -0.15) is 4.98 Å². The second kappa shape index (κ2) is 9.42. The van der Waals surface area contributed by atoms with Gasteiger partial charge in [-0.05, 0) is 37.5 Å². The highest BCUT2D eigenvalue weighted by atomic mass is 35.5. The SMILES string of the molecule is Cc1cnc(NC2CCOCC2)nc1-n1cnc(C(=O)NC(N)c2cccc(Cl)c2)c1. The summed E-state index contributed by atoms with van der Waals surface area (Å²) in [5, 5.41) is 6.64. The number of imidazole rings is 1. The monoisotopic (exact) mass is 441 g/mol. The van der Waals surface area contributed by atoms with Crippen molar-refractivity contribution < 1.29 is 9.53 Å². The van der Waals surface area contributed by atoms with Crippen molar-refractivity contribution in [2.24, 2.45) is 5.73 Å². The first kappa shape index (κ1) is 21.2. The molecule has 31 heavy (non-hydrogen) atoms. The highest BCUT2D eigenvalue weighted by Gasteiger charge is 2.18. The largest absolute Gasteiger partial charge is 0.381 e. The number of hydrogen-bond donors (Lipinski definition) is 3. The van der Waals surface area contributed by atoms with E-state index >= 15 is 0 Å². The fourth-order valence-electron chi connectivity index (χ4n) is 3.34. The maximum absolute atomic E-state index is 12.6. The summed E-state index contributed by atoms with van der Waals surface area (Å²) in [4.78, 5) is 25.8. The first-order valence-electron chi connectivity index (χ1n) is 10.0. The van der Waals surface area contributed by atoms with Crippen molar-refractivity contribution in [3.8, 4) is 5.82 Å². The topological polar surface area (TPSA) is 120 Å². The Morgan fingerprint density at radius 2 is 2.13 bits per heavy atom. The summed E-state index contributed by atoms with van der Waals surface area (Å²) in [5.74, 6) is 0.795. The average Bonchev–Trinajstić information content (AvgIpc) is 3.26. The number of hydrogen-bond acceptors (Lipinski definition) is 7. The lowest BCUT2D eigenvalue weighted by molar-refractivity contribution is 0.0903. The second-order valence-electron chi connectivity index (χ2n) is 7.40. The van der Waals surface area contributed by atoms with Gasteiger partial charge in [0.1, 0.15) is 24.0 Å². The minimum Gasteiger partial charge on any atom is -0.381 e. The molecule has 1 atom stereocenters. The molecule has 2 aromatic heterocycles. The van der Waals surface area contributed by atoms with Crippen LogP contribution in [0.25, 0.3) is 5.82 Å². The number of carbonyl (C=O) groups is 1. The quantitative estimate of drug-likeness (QED) is 0.503. The smallest absolute Gasteiger partial charge is 0.272 e. The summed E-state index contributed by atoms with van der Waals surface area (Å²) >= 11 is 6.00. The lowest BCUT2D eigenvalue weighted by Crippen LogP contribution is -2.34. The van der Waals surface area contributed by atoms with E-state index in [9.17, 15) is 4.79 Å². The third-order valence-electron chi connectivity index (χ3n) is 5.05. The lowest BCUT2D eigenvalue weighted by Gasteiger charge is -2.23. The molecule has 10 heteroatoms. The van der Waals surface area contributed by atoms with Crippen LogP contribution >= 0.6 is 11.6 Å². The van der Waals surface area contributed by atoms with E-state index in [1.165, 1.54) is 0 Å². The zero-order valence-electron chi connectivity index (χ0n) is 17.1. The predicted octanol–water partition coefficient (Wildman–Crippen LogP) is 2.60. The maximum atomic E-state index is 12.6. The van der Waals surface area contributed by atoms with E-state index in [0.29, 0.717) is 22.4 Å². The van der Waals surface area contributed by atoms with Crippen LogP contribution in [0.4, 0.5) is 5.95 Å². The molecule has 3 aromatic rings. The predicted molar refractivity (Wildman–Crippen MR) is 117 cm³/mol. The Morgan fingerprint density at radius 3 is 2.90 bits per heavy atom. The van der Waals surface area contributed by atoms with Crippen molar-refractivity contribution in [1.29, 1.82) is 0 Å². The van der Waals surface area contributed by atoms with Gasteiger partial charge in [0.05, 0.1) is 0 Å². The number of aryl methyl sites for hydroxylation is 1. The first-order chi connectivity index (χ1) is 15.0. The third kappa shape index (κ3) is 5.19. The van der Waals surface area contributed by atoms with Crippen LogP contribution in [0, 0.1) is 6.92 Å². The number of nitrogens with one attached hydrogen (secondary N) is 2. The van der Waals surface area contributed by atoms with E-state index in [1.54, 1.807) is 47.6 Å².